The van der Waals surface area contributed by atoms with E-state index < -0.39 is 36.6 Å². The molecule has 1 aliphatic heterocycles. The minimum atomic E-state index is -1.39. The first kappa shape index (κ1) is 18.0. The highest BCUT2D eigenvalue weighted by molar-refractivity contribution is 5.33. The standard InChI is InChI=1S/C20H24O5/c1-20(19(24)18(23)17(22)16(12-21)25-20)15-9-5-8-14(11-15)10-13-6-3-2-4-7-13/h2-9,11,16-19,21-24H,10,12H2,1H3/t16-,17-,18+,19-,20+/m1/s1. The van der Waals surface area contributed by atoms with E-state index in [2.05, 4.69) is 0 Å². The lowest BCUT2D eigenvalue weighted by Crippen LogP contribution is -2.62. The molecule has 25 heavy (non-hydrogen) atoms. The van der Waals surface area contributed by atoms with E-state index in [9.17, 15) is 20.4 Å². The van der Waals surface area contributed by atoms with Crippen LogP contribution in [-0.2, 0) is 16.8 Å². The Hall–Kier alpha value is -1.76. The Kier molecular flexibility index (Phi) is 5.22. The first-order valence-corrected chi connectivity index (χ1v) is 8.42. The van der Waals surface area contributed by atoms with Crippen LogP contribution in [0.1, 0.15) is 23.6 Å². The van der Waals surface area contributed by atoms with Gasteiger partial charge in [0.2, 0.25) is 0 Å². The van der Waals surface area contributed by atoms with Gasteiger partial charge in [-0.05, 0) is 30.0 Å². The van der Waals surface area contributed by atoms with Gasteiger partial charge in [0.15, 0.2) is 0 Å². The van der Waals surface area contributed by atoms with Crippen molar-refractivity contribution in [2.24, 2.45) is 0 Å². The fourth-order valence-corrected chi connectivity index (χ4v) is 3.39. The van der Waals surface area contributed by atoms with Crippen LogP contribution in [0, 0.1) is 0 Å². The molecule has 0 aliphatic carbocycles. The second-order valence-corrected chi connectivity index (χ2v) is 6.73. The monoisotopic (exact) mass is 344 g/mol. The van der Waals surface area contributed by atoms with Crippen LogP contribution in [0.15, 0.2) is 54.6 Å². The van der Waals surface area contributed by atoms with Crippen molar-refractivity contribution in [3.05, 3.63) is 71.3 Å². The van der Waals surface area contributed by atoms with Gasteiger partial charge in [-0.3, -0.25) is 0 Å². The minimum absolute atomic E-state index is 0.440. The summed E-state index contributed by atoms with van der Waals surface area (Å²) in [5.74, 6) is 0. The van der Waals surface area contributed by atoms with Gasteiger partial charge in [-0.25, -0.2) is 0 Å². The number of aliphatic hydroxyl groups is 4. The SMILES string of the molecule is C[C@@]1(c2cccc(Cc3ccccc3)c2)O[C@H](CO)[C@@H](O)[C@H](O)[C@H]1O. The number of aliphatic hydroxyl groups excluding tert-OH is 4. The number of benzene rings is 2. The number of hydrogen-bond donors (Lipinski definition) is 4. The molecule has 0 bridgehead atoms. The minimum Gasteiger partial charge on any atom is -0.394 e. The molecule has 1 fully saturated rings. The molecule has 0 spiro atoms. The van der Waals surface area contributed by atoms with E-state index in [4.69, 9.17) is 4.74 Å². The summed E-state index contributed by atoms with van der Waals surface area (Å²) in [6.45, 7) is 1.22. The van der Waals surface area contributed by atoms with Crippen LogP contribution in [-0.4, -0.2) is 51.4 Å². The van der Waals surface area contributed by atoms with Gasteiger partial charge in [0, 0.05) is 0 Å². The van der Waals surface area contributed by atoms with Crippen molar-refractivity contribution in [1.82, 2.24) is 0 Å². The first-order valence-electron chi connectivity index (χ1n) is 8.42. The Morgan fingerprint density at radius 2 is 1.60 bits per heavy atom. The number of rotatable bonds is 4. The summed E-state index contributed by atoms with van der Waals surface area (Å²) in [5.41, 5.74) is 1.68. The van der Waals surface area contributed by atoms with Crippen LogP contribution in [0.4, 0.5) is 0 Å². The molecule has 5 nitrogen and oxygen atoms in total. The first-order chi connectivity index (χ1) is 12.0. The lowest BCUT2D eigenvalue weighted by molar-refractivity contribution is -0.273. The van der Waals surface area contributed by atoms with Gasteiger partial charge in [-0.15, -0.1) is 0 Å². The van der Waals surface area contributed by atoms with E-state index in [0.29, 0.717) is 5.56 Å². The van der Waals surface area contributed by atoms with Gasteiger partial charge in [-0.2, -0.15) is 0 Å². The normalized spacial score (nSPS) is 32.5. The molecular weight excluding hydrogens is 320 g/mol. The maximum Gasteiger partial charge on any atom is 0.119 e. The average Bonchev–Trinajstić information content (AvgIpc) is 2.64. The molecule has 0 amide bonds. The quantitative estimate of drug-likeness (QED) is 0.664. The summed E-state index contributed by atoms with van der Waals surface area (Å²) in [6, 6.07) is 17.6. The van der Waals surface area contributed by atoms with E-state index in [1.807, 2.05) is 54.6 Å². The van der Waals surface area contributed by atoms with Crippen molar-refractivity contribution >= 4 is 0 Å². The molecule has 5 atom stereocenters. The topological polar surface area (TPSA) is 90.2 Å². The molecule has 5 heteroatoms. The zero-order valence-electron chi connectivity index (χ0n) is 14.1. The lowest BCUT2D eigenvalue weighted by Gasteiger charge is -2.47. The second kappa shape index (κ2) is 7.23. The molecule has 0 saturated carbocycles. The summed E-state index contributed by atoms with van der Waals surface area (Å²) in [4.78, 5) is 0. The zero-order chi connectivity index (χ0) is 18.0. The van der Waals surface area contributed by atoms with E-state index in [0.717, 1.165) is 12.0 Å². The summed E-state index contributed by atoms with van der Waals surface area (Å²) in [7, 11) is 0. The fourth-order valence-electron chi connectivity index (χ4n) is 3.39. The van der Waals surface area contributed by atoms with Crippen LogP contribution in [0.5, 0.6) is 0 Å². The molecule has 1 heterocycles. The second-order valence-electron chi connectivity index (χ2n) is 6.73. The van der Waals surface area contributed by atoms with Gasteiger partial charge in [0.1, 0.15) is 30.0 Å². The van der Waals surface area contributed by atoms with E-state index in [1.54, 1.807) is 6.92 Å². The molecule has 1 saturated heterocycles. The van der Waals surface area contributed by atoms with E-state index in [-0.39, 0.29) is 0 Å². The third kappa shape index (κ3) is 3.47. The summed E-state index contributed by atoms with van der Waals surface area (Å²) in [5, 5.41) is 40.0. The Balaban J connectivity index is 1.90. The fraction of sp³-hybridized carbons (Fsp3) is 0.400. The smallest absolute Gasteiger partial charge is 0.119 e. The van der Waals surface area contributed by atoms with Gasteiger partial charge in [0.05, 0.1) is 6.61 Å². The Bertz CT molecular complexity index is 702. The summed E-state index contributed by atoms with van der Waals surface area (Å²) >= 11 is 0. The highest BCUT2D eigenvalue weighted by Crippen LogP contribution is 2.38. The molecule has 4 N–H and O–H groups in total. The number of hydrogen-bond acceptors (Lipinski definition) is 5. The molecule has 2 aromatic carbocycles. The van der Waals surface area contributed by atoms with Gasteiger partial charge in [0.25, 0.3) is 0 Å². The average molecular weight is 344 g/mol. The van der Waals surface area contributed by atoms with E-state index >= 15 is 0 Å². The van der Waals surface area contributed by atoms with Gasteiger partial charge >= 0.3 is 0 Å². The predicted molar refractivity (Wildman–Crippen MR) is 93.0 cm³/mol. The maximum atomic E-state index is 10.5. The largest absolute Gasteiger partial charge is 0.394 e. The Morgan fingerprint density at radius 1 is 0.920 bits per heavy atom. The van der Waals surface area contributed by atoms with Crippen LogP contribution >= 0.6 is 0 Å². The molecule has 0 unspecified atom stereocenters. The predicted octanol–water partition coefficient (Wildman–Crippen LogP) is 0.966. The third-order valence-corrected chi connectivity index (χ3v) is 4.95. The van der Waals surface area contributed by atoms with Gasteiger partial charge < -0.3 is 25.2 Å². The van der Waals surface area contributed by atoms with Crippen molar-refractivity contribution in [2.45, 2.75) is 43.4 Å². The van der Waals surface area contributed by atoms with Crippen molar-refractivity contribution in [1.29, 1.82) is 0 Å². The van der Waals surface area contributed by atoms with E-state index in [1.165, 1.54) is 5.56 Å². The highest BCUT2D eigenvalue weighted by atomic mass is 16.6. The third-order valence-electron chi connectivity index (χ3n) is 4.95. The summed E-state index contributed by atoms with van der Waals surface area (Å²) < 4.78 is 5.80. The van der Waals surface area contributed by atoms with Gasteiger partial charge in [-0.1, -0.05) is 54.6 Å². The Labute approximate surface area is 147 Å². The Morgan fingerprint density at radius 3 is 2.28 bits per heavy atom. The molecular formula is C20H24O5. The molecule has 0 radical (unpaired) electrons. The number of ether oxygens (including phenoxy) is 1. The van der Waals surface area contributed by atoms with Crippen molar-refractivity contribution in [3.8, 4) is 0 Å². The highest BCUT2D eigenvalue weighted by Gasteiger charge is 2.51. The lowest BCUT2D eigenvalue weighted by atomic mass is 9.80. The van der Waals surface area contributed by atoms with Crippen LogP contribution in [0.2, 0.25) is 0 Å². The van der Waals surface area contributed by atoms with Crippen molar-refractivity contribution in [2.75, 3.05) is 6.61 Å². The van der Waals surface area contributed by atoms with Crippen molar-refractivity contribution < 1.29 is 25.2 Å². The molecule has 3 rings (SSSR count). The molecule has 0 aromatic heterocycles. The molecule has 2 aromatic rings. The molecule has 1 aliphatic rings. The van der Waals surface area contributed by atoms with Crippen LogP contribution in [0.3, 0.4) is 0 Å². The maximum absolute atomic E-state index is 10.5. The molecule has 134 valence electrons. The zero-order valence-corrected chi connectivity index (χ0v) is 14.1. The summed E-state index contributed by atoms with van der Waals surface area (Å²) in [6.07, 6.45) is -4.26. The van der Waals surface area contributed by atoms with Crippen LogP contribution < -0.4 is 0 Å². The van der Waals surface area contributed by atoms with Crippen molar-refractivity contribution in [3.63, 3.8) is 0 Å². The van der Waals surface area contributed by atoms with Crippen LogP contribution in [0.25, 0.3) is 0 Å².